The number of nitrogens with one attached hydrogen (secondary N) is 1. The van der Waals surface area contributed by atoms with Gasteiger partial charge in [-0.25, -0.2) is 0 Å². The lowest BCUT2D eigenvalue weighted by atomic mass is 10.0. The summed E-state index contributed by atoms with van der Waals surface area (Å²) in [6, 6.07) is 8.06. The Morgan fingerprint density at radius 1 is 1.22 bits per heavy atom. The highest BCUT2D eigenvalue weighted by Gasteiger charge is 2.32. The Morgan fingerprint density at radius 2 is 2.04 bits per heavy atom. The Morgan fingerprint density at radius 3 is 2.78 bits per heavy atom. The van der Waals surface area contributed by atoms with Crippen LogP contribution >= 0.6 is 0 Å². The van der Waals surface area contributed by atoms with Crippen molar-refractivity contribution in [1.82, 2.24) is 15.0 Å². The molecular weight excluding hydrogens is 342 g/mol. The number of benzene rings is 1. The smallest absolute Gasteiger partial charge is 0.252 e. The SMILES string of the molecule is Cc1cc(C)c2[nH]c(=O)c(CN3C[C@@H](Cc4cc(C)no4)[C@H](O)C3)cc2c1. The zero-order valence-electron chi connectivity index (χ0n) is 16.0. The normalized spacial score (nSPS) is 20.6. The molecule has 0 amide bonds. The minimum absolute atomic E-state index is 0.0572. The van der Waals surface area contributed by atoms with Crippen molar-refractivity contribution in [3.05, 3.63) is 62.8 Å². The molecule has 4 rings (SSSR count). The minimum Gasteiger partial charge on any atom is -0.391 e. The van der Waals surface area contributed by atoms with E-state index in [1.165, 1.54) is 5.56 Å². The van der Waals surface area contributed by atoms with Crippen LogP contribution in [0.1, 0.15) is 28.1 Å². The van der Waals surface area contributed by atoms with Gasteiger partial charge in [0.25, 0.3) is 5.56 Å². The van der Waals surface area contributed by atoms with Gasteiger partial charge >= 0.3 is 0 Å². The fraction of sp³-hybridized carbons (Fsp3) is 0.429. The number of hydrogen-bond donors (Lipinski definition) is 2. The lowest BCUT2D eigenvalue weighted by molar-refractivity contribution is 0.137. The summed E-state index contributed by atoms with van der Waals surface area (Å²) in [6.07, 6.45) is 0.227. The standard InChI is InChI=1S/C21H25N3O3/c1-12-4-13(2)20-15(5-12)7-17(21(26)22-20)10-24-9-16(19(25)11-24)8-18-6-14(3)23-27-18/h4-7,16,19,25H,8-11H2,1-3H3,(H,22,26)/t16-,19-/m1/s1. The average Bonchev–Trinajstić information content (AvgIpc) is 3.15. The van der Waals surface area contributed by atoms with Crippen molar-refractivity contribution >= 4 is 10.9 Å². The van der Waals surface area contributed by atoms with Crippen LogP contribution in [-0.4, -0.2) is 39.3 Å². The molecule has 1 aliphatic heterocycles. The molecule has 1 saturated heterocycles. The third-order valence-corrected chi connectivity index (χ3v) is 5.39. The highest BCUT2D eigenvalue weighted by molar-refractivity contribution is 5.82. The molecule has 0 spiro atoms. The molecule has 2 aromatic heterocycles. The van der Waals surface area contributed by atoms with E-state index >= 15 is 0 Å². The van der Waals surface area contributed by atoms with Crippen LogP contribution in [0.25, 0.3) is 10.9 Å². The maximum Gasteiger partial charge on any atom is 0.252 e. The van der Waals surface area contributed by atoms with E-state index in [1.54, 1.807) is 0 Å². The number of β-amino-alcohol motifs (C(OH)–C–C–N with tert-alkyl or cyclic N) is 1. The number of aromatic nitrogens is 2. The zero-order chi connectivity index (χ0) is 19.1. The minimum atomic E-state index is -0.431. The van der Waals surface area contributed by atoms with Gasteiger partial charge in [0.05, 0.1) is 17.3 Å². The first kappa shape index (κ1) is 17.9. The fourth-order valence-electron chi connectivity index (χ4n) is 4.13. The molecule has 0 radical (unpaired) electrons. The largest absolute Gasteiger partial charge is 0.391 e. The molecule has 2 atom stereocenters. The number of nitrogens with zero attached hydrogens (tertiary/aromatic N) is 2. The Balaban J connectivity index is 1.52. The first-order valence-electron chi connectivity index (χ1n) is 9.35. The number of H-pyrrole nitrogens is 1. The number of likely N-dealkylation sites (tertiary alicyclic amines) is 1. The Hall–Kier alpha value is -2.44. The molecule has 6 nitrogen and oxygen atoms in total. The maximum absolute atomic E-state index is 12.5. The van der Waals surface area contributed by atoms with E-state index in [0.29, 0.717) is 19.5 Å². The lowest BCUT2D eigenvalue weighted by Gasteiger charge is -2.15. The van der Waals surface area contributed by atoms with Crippen LogP contribution in [0.15, 0.2) is 33.6 Å². The predicted octanol–water partition coefficient (Wildman–Crippen LogP) is 2.48. The van der Waals surface area contributed by atoms with Gasteiger partial charge < -0.3 is 14.6 Å². The van der Waals surface area contributed by atoms with E-state index < -0.39 is 6.10 Å². The van der Waals surface area contributed by atoms with Gasteiger partial charge in [-0.3, -0.25) is 9.69 Å². The molecule has 1 aromatic carbocycles. The molecule has 0 bridgehead atoms. The van der Waals surface area contributed by atoms with E-state index in [4.69, 9.17) is 4.52 Å². The third kappa shape index (κ3) is 3.68. The summed E-state index contributed by atoms with van der Waals surface area (Å²) in [5.74, 6) is 0.884. The van der Waals surface area contributed by atoms with Crippen molar-refractivity contribution in [1.29, 1.82) is 0 Å². The van der Waals surface area contributed by atoms with Crippen molar-refractivity contribution in [2.24, 2.45) is 5.92 Å². The predicted molar refractivity (Wildman–Crippen MR) is 104 cm³/mol. The summed E-state index contributed by atoms with van der Waals surface area (Å²) in [5.41, 5.74) is 4.68. The molecule has 3 heterocycles. The summed E-state index contributed by atoms with van der Waals surface area (Å²) in [5, 5.41) is 15.4. The van der Waals surface area contributed by atoms with Gasteiger partial charge in [-0.15, -0.1) is 0 Å². The van der Waals surface area contributed by atoms with Gasteiger partial charge in [0.2, 0.25) is 0 Å². The van der Waals surface area contributed by atoms with E-state index in [-0.39, 0.29) is 11.5 Å². The van der Waals surface area contributed by atoms with Gasteiger partial charge in [-0.2, -0.15) is 0 Å². The Kier molecular flexibility index (Phi) is 4.61. The highest BCUT2D eigenvalue weighted by Crippen LogP contribution is 2.24. The molecule has 2 N–H and O–H groups in total. The number of pyridine rings is 1. The quantitative estimate of drug-likeness (QED) is 0.740. The number of aromatic amines is 1. The molecule has 1 aliphatic rings. The second-order valence-corrected chi connectivity index (χ2v) is 7.83. The van der Waals surface area contributed by atoms with Crippen molar-refractivity contribution in [3.63, 3.8) is 0 Å². The highest BCUT2D eigenvalue weighted by atomic mass is 16.5. The molecule has 27 heavy (non-hydrogen) atoms. The van der Waals surface area contributed by atoms with E-state index in [1.807, 2.05) is 26.0 Å². The molecule has 0 unspecified atom stereocenters. The van der Waals surface area contributed by atoms with E-state index in [0.717, 1.165) is 40.0 Å². The molecular formula is C21H25N3O3. The van der Waals surface area contributed by atoms with Crippen LogP contribution < -0.4 is 5.56 Å². The van der Waals surface area contributed by atoms with E-state index in [9.17, 15) is 9.90 Å². The van der Waals surface area contributed by atoms with E-state index in [2.05, 4.69) is 34.1 Å². The molecule has 1 fully saturated rings. The van der Waals surface area contributed by atoms with Crippen molar-refractivity contribution in [3.8, 4) is 0 Å². The average molecular weight is 367 g/mol. The summed E-state index contributed by atoms with van der Waals surface area (Å²) in [7, 11) is 0. The topological polar surface area (TPSA) is 82.4 Å². The third-order valence-electron chi connectivity index (χ3n) is 5.39. The van der Waals surface area contributed by atoms with Gasteiger partial charge in [0, 0.05) is 43.6 Å². The van der Waals surface area contributed by atoms with Gasteiger partial charge in [0.15, 0.2) is 0 Å². The summed E-state index contributed by atoms with van der Waals surface area (Å²) < 4.78 is 5.28. The van der Waals surface area contributed by atoms with Crippen LogP contribution in [-0.2, 0) is 13.0 Å². The zero-order valence-corrected chi connectivity index (χ0v) is 16.0. The number of fused-ring (bicyclic) bond motifs is 1. The second kappa shape index (κ2) is 6.94. The monoisotopic (exact) mass is 367 g/mol. The Labute approximate surface area is 157 Å². The maximum atomic E-state index is 12.5. The summed E-state index contributed by atoms with van der Waals surface area (Å²) in [4.78, 5) is 17.7. The number of aliphatic hydroxyl groups excluding tert-OH is 1. The summed E-state index contributed by atoms with van der Waals surface area (Å²) >= 11 is 0. The second-order valence-electron chi connectivity index (χ2n) is 7.83. The van der Waals surface area contributed by atoms with Crippen LogP contribution in [0.2, 0.25) is 0 Å². The van der Waals surface area contributed by atoms with Crippen molar-refractivity contribution in [2.45, 2.75) is 39.8 Å². The van der Waals surface area contributed by atoms with Crippen LogP contribution in [0.3, 0.4) is 0 Å². The van der Waals surface area contributed by atoms with Gasteiger partial charge in [-0.05, 0) is 43.9 Å². The first-order valence-corrected chi connectivity index (χ1v) is 9.35. The number of aryl methyl sites for hydroxylation is 3. The van der Waals surface area contributed by atoms with Crippen molar-refractivity contribution in [2.75, 3.05) is 13.1 Å². The number of rotatable bonds is 4. The molecule has 6 heteroatoms. The van der Waals surface area contributed by atoms with Crippen LogP contribution in [0.4, 0.5) is 0 Å². The molecule has 0 saturated carbocycles. The van der Waals surface area contributed by atoms with Crippen LogP contribution in [0.5, 0.6) is 0 Å². The number of aliphatic hydroxyl groups is 1. The van der Waals surface area contributed by atoms with Gasteiger partial charge in [-0.1, -0.05) is 16.8 Å². The van der Waals surface area contributed by atoms with Crippen molar-refractivity contribution < 1.29 is 9.63 Å². The molecule has 142 valence electrons. The Bertz CT molecular complexity index is 1040. The number of hydrogen-bond acceptors (Lipinski definition) is 5. The first-order chi connectivity index (χ1) is 12.9. The van der Waals surface area contributed by atoms with Gasteiger partial charge in [0.1, 0.15) is 5.76 Å². The fourth-order valence-corrected chi connectivity index (χ4v) is 4.13. The molecule has 0 aliphatic carbocycles. The molecule has 3 aromatic rings. The lowest BCUT2D eigenvalue weighted by Crippen LogP contribution is -2.26. The van der Waals surface area contributed by atoms with Crippen LogP contribution in [0, 0.1) is 26.7 Å². The summed E-state index contributed by atoms with van der Waals surface area (Å²) in [6.45, 7) is 7.77.